The molecule has 0 aliphatic carbocycles. The molecule has 122 valence electrons. The third-order valence-corrected chi connectivity index (χ3v) is 5.55. The number of aliphatic carboxylic acids is 1. The average Bonchev–Trinajstić information content (AvgIpc) is 2.85. The Hall–Kier alpha value is -1.15. The summed E-state index contributed by atoms with van der Waals surface area (Å²) in [6.45, 7) is 4.14. The fourth-order valence-corrected chi connectivity index (χ4v) is 4.22. The average molecular weight is 320 g/mol. The van der Waals surface area contributed by atoms with Gasteiger partial charge in [0.05, 0.1) is 5.75 Å². The van der Waals surface area contributed by atoms with E-state index >= 15 is 0 Å². The van der Waals surface area contributed by atoms with Crippen LogP contribution in [0.1, 0.15) is 39.5 Å². The molecule has 0 saturated carbocycles. The van der Waals surface area contributed by atoms with Gasteiger partial charge in [-0.15, -0.1) is 0 Å². The highest BCUT2D eigenvalue weighted by Crippen LogP contribution is 2.22. The monoisotopic (exact) mass is 320 g/mol. The number of carbonyl (C=O) groups excluding carboxylic acids is 1. The summed E-state index contributed by atoms with van der Waals surface area (Å²) in [4.78, 5) is 22.7. The molecule has 2 atom stereocenters. The van der Waals surface area contributed by atoms with Crippen molar-refractivity contribution in [2.45, 2.75) is 45.6 Å². The number of nitrogens with zero attached hydrogens (tertiary/aromatic N) is 1. The van der Waals surface area contributed by atoms with E-state index in [-0.39, 0.29) is 30.5 Å². The van der Waals surface area contributed by atoms with Crippen molar-refractivity contribution in [1.82, 2.24) is 9.62 Å². The van der Waals surface area contributed by atoms with Crippen LogP contribution in [0, 0.1) is 5.92 Å². The van der Waals surface area contributed by atoms with Gasteiger partial charge in [-0.1, -0.05) is 13.8 Å². The first-order valence-electron chi connectivity index (χ1n) is 7.27. The molecular formula is C13H24N2O5S. The molecule has 0 radical (unpaired) electrons. The lowest BCUT2D eigenvalue weighted by Gasteiger charge is -2.23. The number of amides is 1. The normalized spacial score (nSPS) is 21.1. The summed E-state index contributed by atoms with van der Waals surface area (Å²) in [5.74, 6) is -1.38. The van der Waals surface area contributed by atoms with Crippen LogP contribution in [0.4, 0.5) is 0 Å². The van der Waals surface area contributed by atoms with E-state index in [9.17, 15) is 18.0 Å². The van der Waals surface area contributed by atoms with Crippen LogP contribution in [0.15, 0.2) is 0 Å². The maximum Gasteiger partial charge on any atom is 0.303 e. The molecule has 0 spiro atoms. The van der Waals surface area contributed by atoms with Crippen LogP contribution in [-0.4, -0.2) is 54.6 Å². The summed E-state index contributed by atoms with van der Waals surface area (Å²) in [5.41, 5.74) is 0. The Kier molecular flexibility index (Phi) is 6.60. The van der Waals surface area contributed by atoms with Gasteiger partial charge in [0.15, 0.2) is 0 Å². The van der Waals surface area contributed by atoms with E-state index in [2.05, 4.69) is 5.32 Å². The van der Waals surface area contributed by atoms with Gasteiger partial charge in [-0.25, -0.2) is 8.42 Å². The summed E-state index contributed by atoms with van der Waals surface area (Å²) in [7, 11) is -3.38. The predicted octanol–water partition coefficient (Wildman–Crippen LogP) is 0.418. The molecule has 0 aromatic rings. The molecule has 1 rings (SSSR count). The Morgan fingerprint density at radius 1 is 1.43 bits per heavy atom. The fraction of sp³-hybridized carbons (Fsp3) is 0.846. The van der Waals surface area contributed by atoms with E-state index in [0.717, 1.165) is 0 Å². The summed E-state index contributed by atoms with van der Waals surface area (Å²) in [6.07, 6.45) is 1.68. The lowest BCUT2D eigenvalue weighted by molar-refractivity contribution is -0.138. The number of sulfonamides is 1. The lowest BCUT2D eigenvalue weighted by atomic mass is 10.1. The first-order valence-corrected chi connectivity index (χ1v) is 8.88. The van der Waals surface area contributed by atoms with E-state index < -0.39 is 22.0 Å². The minimum Gasteiger partial charge on any atom is -0.481 e. The van der Waals surface area contributed by atoms with Gasteiger partial charge in [-0.05, 0) is 25.2 Å². The number of nitrogens with one attached hydrogen (secondary N) is 1. The van der Waals surface area contributed by atoms with Gasteiger partial charge in [0, 0.05) is 19.5 Å². The SMILES string of the molecule is CCCS(=O)(=O)N1CCCC1C(=O)NCC(C)CC(=O)O. The Morgan fingerprint density at radius 2 is 2.10 bits per heavy atom. The zero-order valence-corrected chi connectivity index (χ0v) is 13.4. The van der Waals surface area contributed by atoms with E-state index in [1.807, 2.05) is 0 Å². The highest BCUT2D eigenvalue weighted by Gasteiger charge is 2.37. The highest BCUT2D eigenvalue weighted by molar-refractivity contribution is 7.89. The van der Waals surface area contributed by atoms with Crippen molar-refractivity contribution in [3.8, 4) is 0 Å². The van der Waals surface area contributed by atoms with Crippen LogP contribution in [0.2, 0.25) is 0 Å². The number of carbonyl (C=O) groups is 2. The molecule has 1 aliphatic rings. The van der Waals surface area contributed by atoms with E-state index in [1.165, 1.54) is 4.31 Å². The van der Waals surface area contributed by atoms with Crippen LogP contribution in [-0.2, 0) is 19.6 Å². The van der Waals surface area contributed by atoms with Gasteiger partial charge in [-0.2, -0.15) is 4.31 Å². The minimum absolute atomic E-state index is 0.0250. The Bertz CT molecular complexity index is 477. The minimum atomic E-state index is -3.38. The Labute approximate surface area is 125 Å². The quantitative estimate of drug-likeness (QED) is 0.674. The van der Waals surface area contributed by atoms with Crippen LogP contribution in [0.3, 0.4) is 0 Å². The van der Waals surface area contributed by atoms with Crippen LogP contribution in [0.5, 0.6) is 0 Å². The number of hydrogen-bond acceptors (Lipinski definition) is 4. The smallest absolute Gasteiger partial charge is 0.303 e. The summed E-state index contributed by atoms with van der Waals surface area (Å²) in [6, 6.07) is -0.654. The molecule has 1 aliphatic heterocycles. The van der Waals surface area contributed by atoms with Crippen LogP contribution >= 0.6 is 0 Å². The second-order valence-electron chi connectivity index (χ2n) is 5.53. The van der Waals surface area contributed by atoms with Crippen molar-refractivity contribution >= 4 is 21.9 Å². The topological polar surface area (TPSA) is 104 Å². The fourth-order valence-electron chi connectivity index (χ4n) is 2.47. The second-order valence-corrected chi connectivity index (χ2v) is 7.57. The van der Waals surface area contributed by atoms with Gasteiger partial charge in [0.2, 0.25) is 15.9 Å². The summed E-state index contributed by atoms with van der Waals surface area (Å²) in [5, 5.41) is 11.3. The largest absolute Gasteiger partial charge is 0.481 e. The molecule has 7 nitrogen and oxygen atoms in total. The van der Waals surface area contributed by atoms with Crippen molar-refractivity contribution in [2.24, 2.45) is 5.92 Å². The number of carboxylic acid groups (broad SMARTS) is 1. The van der Waals surface area contributed by atoms with Crippen LogP contribution in [0.25, 0.3) is 0 Å². The molecule has 0 bridgehead atoms. The Morgan fingerprint density at radius 3 is 2.67 bits per heavy atom. The predicted molar refractivity (Wildman–Crippen MR) is 78.2 cm³/mol. The molecule has 21 heavy (non-hydrogen) atoms. The van der Waals surface area contributed by atoms with Crippen molar-refractivity contribution in [2.75, 3.05) is 18.8 Å². The molecular weight excluding hydrogens is 296 g/mol. The van der Waals surface area contributed by atoms with E-state index in [0.29, 0.717) is 25.8 Å². The summed E-state index contributed by atoms with van der Waals surface area (Å²) < 4.78 is 25.5. The van der Waals surface area contributed by atoms with Crippen molar-refractivity contribution in [1.29, 1.82) is 0 Å². The first-order chi connectivity index (χ1) is 9.77. The van der Waals surface area contributed by atoms with Gasteiger partial charge in [-0.3, -0.25) is 9.59 Å². The van der Waals surface area contributed by atoms with Crippen molar-refractivity contribution < 1.29 is 23.1 Å². The van der Waals surface area contributed by atoms with Crippen LogP contribution < -0.4 is 5.32 Å². The van der Waals surface area contributed by atoms with Crippen molar-refractivity contribution in [3.63, 3.8) is 0 Å². The molecule has 8 heteroatoms. The third kappa shape index (κ3) is 5.28. The molecule has 1 fully saturated rings. The molecule has 1 saturated heterocycles. The van der Waals surface area contributed by atoms with Gasteiger partial charge >= 0.3 is 5.97 Å². The zero-order chi connectivity index (χ0) is 16.0. The number of carboxylic acids is 1. The standard InChI is InChI=1S/C13H24N2O5S/c1-3-7-21(19,20)15-6-4-5-11(15)13(18)14-9-10(2)8-12(16)17/h10-11H,3-9H2,1-2H3,(H,14,18)(H,16,17). The molecule has 0 aromatic heterocycles. The summed E-state index contributed by atoms with van der Waals surface area (Å²) >= 11 is 0. The van der Waals surface area contributed by atoms with Gasteiger partial charge in [0.1, 0.15) is 6.04 Å². The zero-order valence-electron chi connectivity index (χ0n) is 12.5. The maximum absolute atomic E-state index is 12.1. The Balaban J connectivity index is 2.58. The van der Waals surface area contributed by atoms with Gasteiger partial charge in [0.25, 0.3) is 0 Å². The van der Waals surface area contributed by atoms with E-state index in [4.69, 9.17) is 5.11 Å². The number of hydrogen-bond donors (Lipinski definition) is 2. The third-order valence-electron chi connectivity index (χ3n) is 3.47. The maximum atomic E-state index is 12.1. The number of rotatable bonds is 8. The van der Waals surface area contributed by atoms with Gasteiger partial charge < -0.3 is 10.4 Å². The molecule has 1 heterocycles. The molecule has 2 N–H and O–H groups in total. The highest BCUT2D eigenvalue weighted by atomic mass is 32.2. The lowest BCUT2D eigenvalue weighted by Crippen LogP contribution is -2.47. The molecule has 0 aromatic carbocycles. The van der Waals surface area contributed by atoms with E-state index in [1.54, 1.807) is 13.8 Å². The molecule has 1 amide bonds. The molecule has 2 unspecified atom stereocenters. The first kappa shape index (κ1) is 17.9. The second kappa shape index (κ2) is 7.74. The van der Waals surface area contributed by atoms with Crippen molar-refractivity contribution in [3.05, 3.63) is 0 Å².